The predicted octanol–water partition coefficient (Wildman–Crippen LogP) is 3.51. The van der Waals surface area contributed by atoms with Crippen molar-refractivity contribution in [3.8, 4) is 0 Å². The fourth-order valence-corrected chi connectivity index (χ4v) is 1.79. The molecule has 0 aliphatic carbocycles. The third-order valence-corrected chi connectivity index (χ3v) is 2.91. The van der Waals surface area contributed by atoms with Crippen molar-refractivity contribution in [1.29, 1.82) is 0 Å². The van der Waals surface area contributed by atoms with Crippen LogP contribution in [0.3, 0.4) is 0 Å². The molecular formula is C17H28FNO2. The highest BCUT2D eigenvalue weighted by Gasteiger charge is 2.05. The summed E-state index contributed by atoms with van der Waals surface area (Å²) in [5.41, 5.74) is 1.67. The summed E-state index contributed by atoms with van der Waals surface area (Å²) < 4.78 is 24.6. The van der Waals surface area contributed by atoms with Gasteiger partial charge in [0.1, 0.15) is 5.82 Å². The molecule has 0 bridgehead atoms. The zero-order valence-corrected chi connectivity index (χ0v) is 13.6. The largest absolute Gasteiger partial charge is 0.379 e. The topological polar surface area (TPSA) is 30.5 Å². The van der Waals surface area contributed by atoms with E-state index in [0.717, 1.165) is 18.7 Å². The van der Waals surface area contributed by atoms with Gasteiger partial charge in [-0.3, -0.25) is 0 Å². The second-order valence-corrected chi connectivity index (χ2v) is 5.98. The molecule has 1 N–H and O–H groups in total. The molecule has 0 heterocycles. The van der Waals surface area contributed by atoms with Crippen LogP contribution in [0.25, 0.3) is 0 Å². The minimum atomic E-state index is -0.216. The predicted molar refractivity (Wildman–Crippen MR) is 83.7 cm³/mol. The molecule has 0 aromatic heterocycles. The van der Waals surface area contributed by atoms with Gasteiger partial charge in [0.25, 0.3) is 0 Å². The van der Waals surface area contributed by atoms with E-state index >= 15 is 0 Å². The number of hydrogen-bond acceptors (Lipinski definition) is 3. The van der Waals surface area contributed by atoms with Crippen molar-refractivity contribution in [1.82, 2.24) is 5.32 Å². The van der Waals surface area contributed by atoms with Crippen molar-refractivity contribution in [3.63, 3.8) is 0 Å². The maximum Gasteiger partial charge on any atom is 0.128 e. The van der Waals surface area contributed by atoms with Gasteiger partial charge in [-0.25, -0.2) is 4.39 Å². The maximum atomic E-state index is 13.7. The van der Waals surface area contributed by atoms with Crippen LogP contribution in [0.5, 0.6) is 0 Å². The van der Waals surface area contributed by atoms with Crippen LogP contribution in [0.4, 0.5) is 4.39 Å². The van der Waals surface area contributed by atoms with Crippen LogP contribution in [0.1, 0.15) is 38.8 Å². The van der Waals surface area contributed by atoms with Crippen LogP contribution in [0.15, 0.2) is 18.2 Å². The minimum absolute atomic E-state index is 0.216. The first-order valence-corrected chi connectivity index (χ1v) is 7.65. The SMILES string of the molecule is CC(C)COCCOCc1cc(CNC(C)C)ccc1F. The normalized spacial score (nSPS) is 11.6. The molecule has 3 nitrogen and oxygen atoms in total. The summed E-state index contributed by atoms with van der Waals surface area (Å²) in [6, 6.07) is 5.58. The molecule has 0 radical (unpaired) electrons. The number of ether oxygens (including phenoxy) is 2. The fourth-order valence-electron chi connectivity index (χ4n) is 1.79. The summed E-state index contributed by atoms with van der Waals surface area (Å²) >= 11 is 0. The number of nitrogens with one attached hydrogen (secondary N) is 1. The highest BCUT2D eigenvalue weighted by molar-refractivity contribution is 5.24. The molecule has 0 aliphatic rings. The van der Waals surface area contributed by atoms with Gasteiger partial charge in [-0.1, -0.05) is 33.8 Å². The van der Waals surface area contributed by atoms with Crippen LogP contribution in [0, 0.1) is 11.7 Å². The lowest BCUT2D eigenvalue weighted by molar-refractivity contribution is 0.0306. The Hall–Kier alpha value is -0.970. The summed E-state index contributed by atoms with van der Waals surface area (Å²) in [4.78, 5) is 0. The molecule has 0 aliphatic heterocycles. The molecule has 21 heavy (non-hydrogen) atoms. The van der Waals surface area contributed by atoms with Gasteiger partial charge >= 0.3 is 0 Å². The average molecular weight is 297 g/mol. The molecule has 4 heteroatoms. The van der Waals surface area contributed by atoms with Gasteiger partial charge in [0.05, 0.1) is 19.8 Å². The Labute approximate surface area is 127 Å². The maximum absolute atomic E-state index is 13.7. The van der Waals surface area contributed by atoms with E-state index in [1.165, 1.54) is 6.07 Å². The molecule has 0 unspecified atom stereocenters. The van der Waals surface area contributed by atoms with Gasteiger partial charge in [-0.15, -0.1) is 0 Å². The minimum Gasteiger partial charge on any atom is -0.379 e. The molecule has 1 aromatic rings. The second kappa shape index (κ2) is 9.87. The molecule has 120 valence electrons. The standard InChI is InChI=1S/C17H28FNO2/c1-13(2)11-20-7-8-21-12-16-9-15(5-6-17(16)18)10-19-14(3)4/h5-6,9,13-14,19H,7-8,10-12H2,1-4H3. The van der Waals surface area contributed by atoms with Crippen LogP contribution < -0.4 is 5.32 Å². The molecule has 0 saturated carbocycles. The van der Waals surface area contributed by atoms with Gasteiger partial charge < -0.3 is 14.8 Å². The van der Waals surface area contributed by atoms with E-state index in [-0.39, 0.29) is 12.4 Å². The number of hydrogen-bond donors (Lipinski definition) is 1. The lowest BCUT2D eigenvalue weighted by atomic mass is 10.1. The van der Waals surface area contributed by atoms with E-state index in [0.29, 0.717) is 30.7 Å². The monoisotopic (exact) mass is 297 g/mol. The second-order valence-electron chi connectivity index (χ2n) is 5.98. The van der Waals surface area contributed by atoms with Crippen molar-refractivity contribution < 1.29 is 13.9 Å². The Morgan fingerprint density at radius 1 is 1.10 bits per heavy atom. The highest BCUT2D eigenvalue weighted by atomic mass is 19.1. The third-order valence-electron chi connectivity index (χ3n) is 2.91. The Balaban J connectivity index is 2.34. The highest BCUT2D eigenvalue weighted by Crippen LogP contribution is 2.12. The van der Waals surface area contributed by atoms with Gasteiger partial charge in [0, 0.05) is 24.8 Å². The van der Waals surface area contributed by atoms with Gasteiger partial charge in [0.15, 0.2) is 0 Å². The smallest absolute Gasteiger partial charge is 0.128 e. The lowest BCUT2D eigenvalue weighted by Crippen LogP contribution is -2.21. The van der Waals surface area contributed by atoms with Gasteiger partial charge in [0.2, 0.25) is 0 Å². The van der Waals surface area contributed by atoms with E-state index in [9.17, 15) is 4.39 Å². The Kier molecular flexibility index (Phi) is 8.50. The van der Waals surface area contributed by atoms with Crippen LogP contribution in [0.2, 0.25) is 0 Å². The van der Waals surface area contributed by atoms with Crippen molar-refractivity contribution in [3.05, 3.63) is 35.1 Å². The lowest BCUT2D eigenvalue weighted by Gasteiger charge is -2.11. The first kappa shape index (κ1) is 18.1. The molecule has 0 atom stereocenters. The number of halogens is 1. The Morgan fingerprint density at radius 2 is 1.81 bits per heavy atom. The first-order chi connectivity index (χ1) is 9.99. The summed E-state index contributed by atoms with van der Waals surface area (Å²) in [6.07, 6.45) is 0. The summed E-state index contributed by atoms with van der Waals surface area (Å²) in [7, 11) is 0. The molecule has 0 amide bonds. The fraction of sp³-hybridized carbons (Fsp3) is 0.647. The molecule has 1 rings (SSSR count). The summed E-state index contributed by atoms with van der Waals surface area (Å²) in [6.45, 7) is 11.2. The quantitative estimate of drug-likeness (QED) is 0.670. The van der Waals surface area contributed by atoms with Gasteiger partial charge in [-0.2, -0.15) is 0 Å². The van der Waals surface area contributed by atoms with Gasteiger partial charge in [-0.05, 0) is 23.6 Å². The molecular weight excluding hydrogens is 269 g/mol. The van der Waals surface area contributed by atoms with E-state index in [4.69, 9.17) is 9.47 Å². The van der Waals surface area contributed by atoms with Crippen molar-refractivity contribution in [2.45, 2.75) is 46.9 Å². The third kappa shape index (κ3) is 8.15. The molecule has 0 spiro atoms. The van der Waals surface area contributed by atoms with E-state index in [1.54, 1.807) is 6.07 Å². The molecule has 0 saturated heterocycles. The van der Waals surface area contributed by atoms with Crippen LogP contribution in [-0.2, 0) is 22.6 Å². The van der Waals surface area contributed by atoms with E-state index in [2.05, 4.69) is 33.0 Å². The Morgan fingerprint density at radius 3 is 2.48 bits per heavy atom. The van der Waals surface area contributed by atoms with E-state index in [1.807, 2.05) is 6.07 Å². The first-order valence-electron chi connectivity index (χ1n) is 7.65. The molecule has 0 fully saturated rings. The Bertz CT molecular complexity index is 408. The zero-order chi connectivity index (χ0) is 15.7. The molecule has 1 aromatic carbocycles. The summed E-state index contributed by atoms with van der Waals surface area (Å²) in [5.74, 6) is 0.305. The number of benzene rings is 1. The van der Waals surface area contributed by atoms with Crippen molar-refractivity contribution >= 4 is 0 Å². The zero-order valence-electron chi connectivity index (χ0n) is 13.6. The summed E-state index contributed by atoms with van der Waals surface area (Å²) in [5, 5.41) is 3.32. The average Bonchev–Trinajstić information content (AvgIpc) is 2.42. The number of rotatable bonds is 10. The van der Waals surface area contributed by atoms with Crippen molar-refractivity contribution in [2.24, 2.45) is 5.92 Å². The van der Waals surface area contributed by atoms with Crippen molar-refractivity contribution in [2.75, 3.05) is 19.8 Å². The van der Waals surface area contributed by atoms with Crippen LogP contribution in [-0.4, -0.2) is 25.9 Å². The van der Waals surface area contributed by atoms with Crippen LogP contribution >= 0.6 is 0 Å². The van der Waals surface area contributed by atoms with E-state index < -0.39 is 0 Å².